The number of methoxy groups -OCH3 is 1. The fourth-order valence-corrected chi connectivity index (χ4v) is 6.37. The van der Waals surface area contributed by atoms with Crippen molar-refractivity contribution < 1.29 is 37.5 Å². The molecule has 1 aromatic heterocycles. The molecule has 0 unspecified atom stereocenters. The lowest BCUT2D eigenvalue weighted by molar-refractivity contribution is -0.914. The molecule has 2 atom stereocenters. The number of amides is 3. The number of aliphatic hydroxyl groups excluding tert-OH is 1. The number of hydrogen-bond donors (Lipinski definition) is 2. The number of likely N-dealkylation sites (N-methyl/N-ethyl adjacent to an activating group) is 1. The highest BCUT2D eigenvalue weighted by atomic mass is 35.5. The summed E-state index contributed by atoms with van der Waals surface area (Å²) < 4.78 is 35.5. The predicted molar refractivity (Wildman–Crippen MR) is 163 cm³/mol. The molecule has 240 valence electrons. The maximum atomic E-state index is 14.7. The number of piperazine rings is 1. The second kappa shape index (κ2) is 12.7. The van der Waals surface area contributed by atoms with E-state index in [-0.39, 0.29) is 51.3 Å². The number of halogens is 3. The molecule has 2 saturated heterocycles. The summed E-state index contributed by atoms with van der Waals surface area (Å²) in [4.78, 5) is 47.1. The molecule has 0 spiro atoms. The van der Waals surface area contributed by atoms with E-state index in [0.717, 1.165) is 0 Å². The van der Waals surface area contributed by atoms with Crippen molar-refractivity contribution in [1.29, 1.82) is 0 Å². The first kappa shape index (κ1) is 32.3. The molecule has 2 aliphatic rings. The Balaban J connectivity index is 1.21. The van der Waals surface area contributed by atoms with Gasteiger partial charge in [0.25, 0.3) is 17.7 Å². The summed E-state index contributed by atoms with van der Waals surface area (Å²) in [5.41, 5.74) is 0.655. The number of anilines is 1. The van der Waals surface area contributed by atoms with Crippen molar-refractivity contribution in [2.24, 2.45) is 7.05 Å². The van der Waals surface area contributed by atoms with E-state index in [0.29, 0.717) is 55.7 Å². The van der Waals surface area contributed by atoms with Crippen molar-refractivity contribution in [2.45, 2.75) is 25.0 Å². The number of likely N-dealkylation sites (tertiary alicyclic amines) is 1. The first-order chi connectivity index (χ1) is 21.3. The second-order valence-electron chi connectivity index (χ2n) is 11.9. The van der Waals surface area contributed by atoms with Crippen molar-refractivity contribution in [3.05, 3.63) is 64.6 Å². The Hall–Kier alpha value is -4.07. The molecule has 0 bridgehead atoms. The van der Waals surface area contributed by atoms with Crippen LogP contribution in [0.4, 0.5) is 14.5 Å². The van der Waals surface area contributed by atoms with Crippen molar-refractivity contribution in [3.8, 4) is 17.0 Å². The highest BCUT2D eigenvalue weighted by Gasteiger charge is 2.43. The van der Waals surface area contributed by atoms with Gasteiger partial charge in [-0.2, -0.15) is 4.39 Å². The average Bonchev–Trinajstić information content (AvgIpc) is 3.38. The number of carbonyl (C=O) groups excluding carboxylic acids is 3. The molecule has 3 amide bonds. The second-order valence-corrected chi connectivity index (χ2v) is 12.4. The van der Waals surface area contributed by atoms with Crippen LogP contribution in [0.25, 0.3) is 11.3 Å². The van der Waals surface area contributed by atoms with Crippen molar-refractivity contribution in [2.75, 3.05) is 59.2 Å². The molecule has 0 saturated carbocycles. The lowest BCUT2D eigenvalue weighted by atomic mass is 9.96. The molecule has 11 nitrogen and oxygen atoms in total. The van der Waals surface area contributed by atoms with Gasteiger partial charge in [0.1, 0.15) is 12.6 Å². The molecular weight excluding hydrogens is 610 g/mol. The van der Waals surface area contributed by atoms with Gasteiger partial charge in [-0.1, -0.05) is 11.6 Å². The molecular formula is C31H36ClF2N6O5+. The Morgan fingerprint density at radius 1 is 1.04 bits per heavy atom. The number of ether oxygens (including phenoxy) is 1. The Bertz CT molecular complexity index is 1640. The minimum atomic E-state index is -1.15. The number of hydrogen-bond acceptors (Lipinski definition) is 6. The maximum absolute atomic E-state index is 14.7. The van der Waals surface area contributed by atoms with Crippen molar-refractivity contribution in [1.82, 2.24) is 19.4 Å². The number of carbonyl (C=O) groups is 3. The molecule has 3 aromatic rings. The van der Waals surface area contributed by atoms with Crippen molar-refractivity contribution >= 4 is 35.0 Å². The Morgan fingerprint density at radius 2 is 1.73 bits per heavy atom. The van der Waals surface area contributed by atoms with Gasteiger partial charge in [-0.05, 0) is 36.8 Å². The van der Waals surface area contributed by atoms with Gasteiger partial charge in [0.2, 0.25) is 5.82 Å². The molecule has 2 aliphatic heterocycles. The van der Waals surface area contributed by atoms with Gasteiger partial charge < -0.3 is 34.0 Å². The van der Waals surface area contributed by atoms with Gasteiger partial charge in [-0.25, -0.2) is 9.37 Å². The van der Waals surface area contributed by atoms with E-state index in [1.807, 2.05) is 14.1 Å². The molecule has 2 N–H and O–H groups in total. The van der Waals surface area contributed by atoms with Crippen LogP contribution < -0.4 is 10.1 Å². The van der Waals surface area contributed by atoms with Gasteiger partial charge >= 0.3 is 0 Å². The summed E-state index contributed by atoms with van der Waals surface area (Å²) in [6, 6.07) is 6.91. The number of rotatable bonds is 6. The third-order valence-electron chi connectivity index (χ3n) is 8.65. The topological polar surface area (TPSA) is 117 Å². The molecule has 0 aliphatic carbocycles. The highest BCUT2D eigenvalue weighted by molar-refractivity contribution is 6.34. The lowest BCUT2D eigenvalue weighted by Crippen LogP contribution is -2.63. The van der Waals surface area contributed by atoms with E-state index in [4.69, 9.17) is 16.3 Å². The Labute approximate surface area is 264 Å². The SMILES string of the molecule is COc1ccc(-c2cnc(C(=O)Nc3ccc(C(=O)N4CCN(C(=O)[C@@H]5CC[C@H](O)C[N+]5(C)C)CC4)c(Cl)c3)n2C)c(F)c1F. The van der Waals surface area contributed by atoms with Crippen LogP contribution in [-0.2, 0) is 11.8 Å². The number of benzene rings is 2. The molecule has 2 aromatic carbocycles. The minimum absolute atomic E-state index is 0.0401. The van der Waals surface area contributed by atoms with Crippen LogP contribution >= 0.6 is 11.6 Å². The van der Waals surface area contributed by atoms with Crippen LogP contribution in [0.2, 0.25) is 5.02 Å². The Kier molecular flexibility index (Phi) is 9.15. The standard InChI is InChI=1S/C31H35ClF2N6O5/c1-37-23(21-8-10-25(45-4)27(34)26(21)33)16-35-28(37)29(42)36-18-5-7-20(22(32)15-18)30(43)38-11-13-39(14-12-38)31(44)24-9-6-19(41)17-40(24,2)3/h5,7-8,10,15-16,19,24,41H,6,9,11-14,17H2,1-4H3/p+1/t19-,24-/m0/s1. The smallest absolute Gasteiger partial charge is 0.291 e. The predicted octanol–water partition coefficient (Wildman–Crippen LogP) is 3.16. The first-order valence-electron chi connectivity index (χ1n) is 14.6. The van der Waals surface area contributed by atoms with Crippen molar-refractivity contribution in [3.63, 3.8) is 0 Å². The molecule has 2 fully saturated rings. The Morgan fingerprint density at radius 3 is 2.38 bits per heavy atom. The number of aliphatic hydroxyl groups is 1. The van der Waals surface area contributed by atoms with E-state index < -0.39 is 23.6 Å². The summed E-state index contributed by atoms with van der Waals surface area (Å²) >= 11 is 6.48. The third kappa shape index (κ3) is 6.37. The summed E-state index contributed by atoms with van der Waals surface area (Å²) in [5.74, 6) is -3.45. The number of piperidine rings is 1. The monoisotopic (exact) mass is 645 g/mol. The van der Waals surface area contributed by atoms with E-state index in [1.165, 1.54) is 55.3 Å². The van der Waals surface area contributed by atoms with Crippen LogP contribution in [0, 0.1) is 11.6 Å². The minimum Gasteiger partial charge on any atom is -0.494 e. The normalized spacial score (nSPS) is 19.7. The molecule has 3 heterocycles. The third-order valence-corrected chi connectivity index (χ3v) is 8.97. The number of aromatic nitrogens is 2. The fraction of sp³-hybridized carbons (Fsp3) is 0.419. The van der Waals surface area contributed by atoms with E-state index in [2.05, 4.69) is 10.3 Å². The molecule has 5 rings (SSSR count). The summed E-state index contributed by atoms with van der Waals surface area (Å²) in [6.45, 7) is 2.02. The largest absolute Gasteiger partial charge is 0.494 e. The number of quaternary nitrogens is 1. The summed E-state index contributed by atoms with van der Waals surface area (Å²) in [5, 5.41) is 12.8. The number of nitrogens with zero attached hydrogens (tertiary/aromatic N) is 5. The van der Waals surface area contributed by atoms with Gasteiger partial charge in [-0.15, -0.1) is 0 Å². The van der Waals surface area contributed by atoms with Crippen LogP contribution in [0.1, 0.15) is 33.8 Å². The summed E-state index contributed by atoms with van der Waals surface area (Å²) in [7, 11) is 6.65. The highest BCUT2D eigenvalue weighted by Crippen LogP contribution is 2.31. The van der Waals surface area contributed by atoms with Gasteiger partial charge in [-0.3, -0.25) is 14.4 Å². The lowest BCUT2D eigenvalue weighted by Gasteiger charge is -2.45. The van der Waals surface area contributed by atoms with Crippen LogP contribution in [0.3, 0.4) is 0 Å². The van der Waals surface area contributed by atoms with Gasteiger partial charge in [0.15, 0.2) is 23.4 Å². The quantitative estimate of drug-likeness (QED) is 0.398. The zero-order chi connectivity index (χ0) is 32.6. The molecule has 14 heteroatoms. The fourth-order valence-electron chi connectivity index (χ4n) is 6.11. The van der Waals surface area contributed by atoms with Crippen LogP contribution in [0.15, 0.2) is 36.5 Å². The van der Waals surface area contributed by atoms with Crippen LogP contribution in [0.5, 0.6) is 5.75 Å². The first-order valence-corrected chi connectivity index (χ1v) is 14.9. The average molecular weight is 646 g/mol. The van der Waals surface area contributed by atoms with Gasteiger partial charge in [0.05, 0.1) is 43.7 Å². The zero-order valence-corrected chi connectivity index (χ0v) is 26.3. The number of imidazole rings is 1. The number of nitrogens with one attached hydrogen (secondary N) is 1. The molecule has 45 heavy (non-hydrogen) atoms. The summed E-state index contributed by atoms with van der Waals surface area (Å²) in [6.07, 6.45) is 2.07. The van der Waals surface area contributed by atoms with E-state index in [1.54, 1.807) is 9.80 Å². The molecule has 0 radical (unpaired) electrons. The maximum Gasteiger partial charge on any atom is 0.291 e. The van der Waals surface area contributed by atoms with E-state index >= 15 is 0 Å². The van der Waals surface area contributed by atoms with Gasteiger partial charge in [0, 0.05) is 50.9 Å². The van der Waals surface area contributed by atoms with Crippen LogP contribution in [-0.4, -0.2) is 113 Å². The zero-order valence-electron chi connectivity index (χ0n) is 25.5. The van der Waals surface area contributed by atoms with E-state index in [9.17, 15) is 28.3 Å².